The number of aliphatic hydroxyl groups excluding tert-OH is 1. The minimum atomic E-state index is -0.420. The third-order valence-electron chi connectivity index (χ3n) is 3.24. The van der Waals surface area contributed by atoms with Gasteiger partial charge < -0.3 is 19.1 Å². The van der Waals surface area contributed by atoms with Crippen LogP contribution in [0, 0.1) is 0 Å². The summed E-state index contributed by atoms with van der Waals surface area (Å²) in [5.41, 5.74) is 1.70. The van der Waals surface area contributed by atoms with E-state index in [9.17, 15) is 5.11 Å². The van der Waals surface area contributed by atoms with E-state index >= 15 is 0 Å². The number of aromatic nitrogens is 2. The maximum Gasteiger partial charge on any atom is 0.184 e. The number of pyridine rings is 1. The molecule has 0 fully saturated rings. The van der Waals surface area contributed by atoms with Crippen LogP contribution in [-0.2, 0) is 6.54 Å². The summed E-state index contributed by atoms with van der Waals surface area (Å²) in [6, 6.07) is 3.69. The minimum Gasteiger partial charge on any atom is -0.493 e. The van der Waals surface area contributed by atoms with Crippen molar-refractivity contribution < 1.29 is 14.6 Å². The summed E-state index contributed by atoms with van der Waals surface area (Å²) in [6.07, 6.45) is 5.83. The molecule has 0 bridgehead atoms. The molecule has 0 aromatic carbocycles. The van der Waals surface area contributed by atoms with Gasteiger partial charge in [0.05, 0.1) is 26.9 Å². The van der Waals surface area contributed by atoms with E-state index in [4.69, 9.17) is 9.47 Å². The van der Waals surface area contributed by atoms with Gasteiger partial charge in [-0.1, -0.05) is 6.92 Å². The van der Waals surface area contributed by atoms with Gasteiger partial charge in [-0.2, -0.15) is 0 Å². The molecular formula is C15H20N2O3. The zero-order valence-corrected chi connectivity index (χ0v) is 12.0. The molecular weight excluding hydrogens is 256 g/mol. The Kier molecular flexibility index (Phi) is 4.63. The van der Waals surface area contributed by atoms with E-state index in [2.05, 4.69) is 4.98 Å². The molecule has 2 aromatic rings. The third-order valence-corrected chi connectivity index (χ3v) is 3.24. The van der Waals surface area contributed by atoms with Crippen molar-refractivity contribution in [2.45, 2.75) is 26.0 Å². The summed E-state index contributed by atoms with van der Waals surface area (Å²) in [4.78, 5) is 4.34. The summed E-state index contributed by atoms with van der Waals surface area (Å²) in [5, 5.41) is 9.82. The van der Waals surface area contributed by atoms with Crippen molar-refractivity contribution in [2.24, 2.45) is 0 Å². The van der Waals surface area contributed by atoms with Crippen molar-refractivity contribution in [2.75, 3.05) is 14.2 Å². The average molecular weight is 276 g/mol. The highest BCUT2D eigenvalue weighted by atomic mass is 16.5. The number of hydrogen-bond acceptors (Lipinski definition) is 4. The van der Waals surface area contributed by atoms with Crippen molar-refractivity contribution in [3.8, 4) is 11.5 Å². The molecule has 2 rings (SSSR count). The molecule has 0 aliphatic heterocycles. The summed E-state index contributed by atoms with van der Waals surface area (Å²) in [7, 11) is 3.21. The molecule has 0 radical (unpaired) electrons. The first-order chi connectivity index (χ1) is 9.69. The molecule has 0 spiro atoms. The zero-order chi connectivity index (χ0) is 14.5. The Morgan fingerprint density at radius 1 is 1.30 bits per heavy atom. The van der Waals surface area contributed by atoms with Gasteiger partial charge in [-0.05, 0) is 18.1 Å². The summed E-state index contributed by atoms with van der Waals surface area (Å²) in [5.74, 6) is 1.31. The molecule has 2 aromatic heterocycles. The van der Waals surface area contributed by atoms with E-state index in [1.54, 1.807) is 26.5 Å². The van der Waals surface area contributed by atoms with Crippen LogP contribution in [-0.4, -0.2) is 28.9 Å². The van der Waals surface area contributed by atoms with E-state index < -0.39 is 6.10 Å². The fraction of sp³-hybridized carbons (Fsp3) is 0.400. The average Bonchev–Trinajstić information content (AvgIpc) is 2.94. The molecule has 2 heterocycles. The van der Waals surface area contributed by atoms with Crippen molar-refractivity contribution in [1.82, 2.24) is 9.55 Å². The lowest BCUT2D eigenvalue weighted by Gasteiger charge is -2.12. The summed E-state index contributed by atoms with van der Waals surface area (Å²) >= 11 is 0. The highest BCUT2D eigenvalue weighted by Crippen LogP contribution is 2.29. The maximum atomic E-state index is 9.82. The predicted octanol–water partition coefficient (Wildman–Crippen LogP) is 2.39. The van der Waals surface area contributed by atoms with E-state index in [-0.39, 0.29) is 0 Å². The second-order valence-electron chi connectivity index (χ2n) is 4.53. The first-order valence-electron chi connectivity index (χ1n) is 6.59. The van der Waals surface area contributed by atoms with Crippen molar-refractivity contribution >= 4 is 0 Å². The molecule has 20 heavy (non-hydrogen) atoms. The van der Waals surface area contributed by atoms with E-state index in [1.807, 2.05) is 30.0 Å². The predicted molar refractivity (Wildman–Crippen MR) is 76.1 cm³/mol. The lowest BCUT2D eigenvalue weighted by Crippen LogP contribution is -2.04. The standard InChI is InChI=1S/C15H20N2O3/c1-4-13(18)11-6-8-17(9-11)10-12-15(20-3)14(19-2)5-7-16-12/h5-9,13,18H,4,10H2,1-3H3. The molecule has 0 amide bonds. The lowest BCUT2D eigenvalue weighted by molar-refractivity contribution is 0.173. The molecule has 0 aliphatic rings. The largest absolute Gasteiger partial charge is 0.493 e. The van der Waals surface area contributed by atoms with Gasteiger partial charge in [0.15, 0.2) is 11.5 Å². The van der Waals surface area contributed by atoms with Gasteiger partial charge in [0.25, 0.3) is 0 Å². The number of hydrogen-bond donors (Lipinski definition) is 1. The highest BCUT2D eigenvalue weighted by molar-refractivity contribution is 5.42. The molecule has 5 heteroatoms. The monoisotopic (exact) mass is 276 g/mol. The second-order valence-corrected chi connectivity index (χ2v) is 4.53. The van der Waals surface area contributed by atoms with Crippen LogP contribution in [0.2, 0.25) is 0 Å². The van der Waals surface area contributed by atoms with Gasteiger partial charge in [0.2, 0.25) is 0 Å². The Morgan fingerprint density at radius 2 is 2.10 bits per heavy atom. The van der Waals surface area contributed by atoms with Crippen LogP contribution >= 0.6 is 0 Å². The highest BCUT2D eigenvalue weighted by Gasteiger charge is 2.12. The molecule has 0 saturated carbocycles. The molecule has 0 saturated heterocycles. The Hall–Kier alpha value is -2.01. The number of nitrogens with zero attached hydrogens (tertiary/aromatic N) is 2. The molecule has 0 aliphatic carbocycles. The number of ether oxygens (including phenoxy) is 2. The maximum absolute atomic E-state index is 9.82. The van der Waals surface area contributed by atoms with Gasteiger partial charge in [0.1, 0.15) is 5.69 Å². The lowest BCUT2D eigenvalue weighted by atomic mass is 10.1. The van der Waals surface area contributed by atoms with Gasteiger partial charge in [-0.25, -0.2) is 0 Å². The zero-order valence-electron chi connectivity index (χ0n) is 12.0. The van der Waals surface area contributed by atoms with Gasteiger partial charge >= 0.3 is 0 Å². The number of rotatable bonds is 6. The van der Waals surface area contributed by atoms with E-state index in [0.29, 0.717) is 24.5 Å². The normalized spacial score (nSPS) is 12.2. The Balaban J connectivity index is 2.24. The van der Waals surface area contributed by atoms with Crippen LogP contribution in [0.4, 0.5) is 0 Å². The minimum absolute atomic E-state index is 0.420. The van der Waals surface area contributed by atoms with Crippen LogP contribution in [0.25, 0.3) is 0 Å². The summed E-state index contributed by atoms with van der Waals surface area (Å²) < 4.78 is 12.6. The van der Waals surface area contributed by atoms with Crippen molar-refractivity contribution in [3.63, 3.8) is 0 Å². The van der Waals surface area contributed by atoms with Gasteiger partial charge in [0, 0.05) is 24.7 Å². The first-order valence-corrected chi connectivity index (χ1v) is 6.59. The Morgan fingerprint density at radius 3 is 2.75 bits per heavy atom. The molecule has 1 N–H and O–H groups in total. The van der Waals surface area contributed by atoms with Gasteiger partial charge in [-0.15, -0.1) is 0 Å². The molecule has 5 nitrogen and oxygen atoms in total. The summed E-state index contributed by atoms with van der Waals surface area (Å²) in [6.45, 7) is 2.52. The topological polar surface area (TPSA) is 56.5 Å². The third kappa shape index (κ3) is 2.93. The number of aliphatic hydroxyl groups is 1. The molecule has 1 unspecified atom stereocenters. The Labute approximate surface area is 118 Å². The molecule has 1 atom stereocenters. The van der Waals surface area contributed by atoms with Crippen LogP contribution < -0.4 is 9.47 Å². The van der Waals surface area contributed by atoms with Crippen LogP contribution in [0.5, 0.6) is 11.5 Å². The Bertz CT molecular complexity index is 566. The fourth-order valence-electron chi connectivity index (χ4n) is 2.13. The van der Waals surface area contributed by atoms with Crippen molar-refractivity contribution in [3.05, 3.63) is 42.0 Å². The van der Waals surface area contributed by atoms with Crippen LogP contribution in [0.15, 0.2) is 30.7 Å². The fourth-order valence-corrected chi connectivity index (χ4v) is 2.13. The van der Waals surface area contributed by atoms with Crippen LogP contribution in [0.1, 0.15) is 30.7 Å². The van der Waals surface area contributed by atoms with Crippen molar-refractivity contribution in [1.29, 1.82) is 0 Å². The van der Waals surface area contributed by atoms with E-state index in [1.165, 1.54) is 0 Å². The number of methoxy groups -OCH3 is 2. The second kappa shape index (κ2) is 6.43. The molecule has 108 valence electrons. The van der Waals surface area contributed by atoms with E-state index in [0.717, 1.165) is 11.3 Å². The van der Waals surface area contributed by atoms with Crippen LogP contribution in [0.3, 0.4) is 0 Å². The smallest absolute Gasteiger partial charge is 0.184 e. The first kappa shape index (κ1) is 14.4. The quantitative estimate of drug-likeness (QED) is 0.880. The SMILES string of the molecule is CCC(O)c1ccn(Cc2nccc(OC)c2OC)c1. The van der Waals surface area contributed by atoms with Gasteiger partial charge in [-0.3, -0.25) is 4.98 Å².